The molecule has 1 aromatic rings. The van der Waals surface area contributed by atoms with E-state index in [0.717, 1.165) is 0 Å². The molecule has 0 spiro atoms. The number of hydrogen-bond donors (Lipinski definition) is 2. The number of nitrogens with one attached hydrogen (secondary N) is 1. The number of pyridine rings is 1. The van der Waals surface area contributed by atoms with Crippen molar-refractivity contribution < 1.29 is 14.7 Å². The van der Waals surface area contributed by atoms with Crippen LogP contribution in [0.2, 0.25) is 0 Å². The first kappa shape index (κ1) is 12.6. The van der Waals surface area contributed by atoms with Gasteiger partial charge >= 0.3 is 5.97 Å². The lowest BCUT2D eigenvalue weighted by Crippen LogP contribution is -2.40. The van der Waals surface area contributed by atoms with Crippen molar-refractivity contribution >= 4 is 27.8 Å². The zero-order chi connectivity index (χ0) is 12.1. The van der Waals surface area contributed by atoms with Crippen LogP contribution in [-0.4, -0.2) is 28.0 Å². The van der Waals surface area contributed by atoms with Crippen molar-refractivity contribution in [3.8, 4) is 0 Å². The molecule has 2 N–H and O–H groups in total. The number of hydrogen-bond acceptors (Lipinski definition) is 3. The third-order valence-electron chi connectivity index (χ3n) is 1.98. The average molecular weight is 287 g/mol. The first-order valence-corrected chi connectivity index (χ1v) is 5.48. The van der Waals surface area contributed by atoms with Crippen molar-refractivity contribution in [1.29, 1.82) is 0 Å². The SMILES string of the molecule is CC[C@@H](NC(=O)c1cncc(Br)c1)C(=O)O. The van der Waals surface area contributed by atoms with Crippen molar-refractivity contribution in [3.05, 3.63) is 28.5 Å². The molecule has 86 valence electrons. The summed E-state index contributed by atoms with van der Waals surface area (Å²) in [6.45, 7) is 1.69. The minimum Gasteiger partial charge on any atom is -0.480 e. The Hall–Kier alpha value is -1.43. The van der Waals surface area contributed by atoms with Gasteiger partial charge < -0.3 is 10.4 Å². The molecule has 0 aromatic carbocycles. The van der Waals surface area contributed by atoms with Crippen LogP contribution in [0.25, 0.3) is 0 Å². The fourth-order valence-corrected chi connectivity index (χ4v) is 1.48. The second kappa shape index (κ2) is 5.60. The zero-order valence-electron chi connectivity index (χ0n) is 8.61. The van der Waals surface area contributed by atoms with E-state index in [9.17, 15) is 9.59 Å². The Bertz CT molecular complexity index is 409. The van der Waals surface area contributed by atoms with Gasteiger partial charge in [0.1, 0.15) is 6.04 Å². The summed E-state index contributed by atoms with van der Waals surface area (Å²) in [5.74, 6) is -1.48. The van der Waals surface area contributed by atoms with Gasteiger partial charge in [0.25, 0.3) is 5.91 Å². The molecule has 0 fully saturated rings. The summed E-state index contributed by atoms with van der Waals surface area (Å²) in [4.78, 5) is 26.2. The number of rotatable bonds is 4. The van der Waals surface area contributed by atoms with E-state index in [-0.39, 0.29) is 0 Å². The molecule has 0 aliphatic heterocycles. The highest BCUT2D eigenvalue weighted by Crippen LogP contribution is 2.09. The normalized spacial score (nSPS) is 11.9. The molecule has 0 saturated carbocycles. The lowest BCUT2D eigenvalue weighted by atomic mass is 10.2. The Morgan fingerprint density at radius 2 is 2.25 bits per heavy atom. The summed E-state index contributed by atoms with van der Waals surface area (Å²) in [6.07, 6.45) is 3.27. The lowest BCUT2D eigenvalue weighted by Gasteiger charge is -2.11. The van der Waals surface area contributed by atoms with Gasteiger partial charge in [-0.3, -0.25) is 9.78 Å². The van der Waals surface area contributed by atoms with Crippen LogP contribution in [0, 0.1) is 0 Å². The Kier molecular flexibility index (Phi) is 4.42. The standard InChI is InChI=1S/C10H11BrN2O3/c1-2-8(10(15)16)13-9(14)6-3-7(11)5-12-4-6/h3-5,8H,2H2,1H3,(H,13,14)(H,15,16)/t8-/m1/s1. The number of nitrogens with zero attached hydrogens (tertiary/aromatic N) is 1. The van der Waals surface area contributed by atoms with Crippen LogP contribution >= 0.6 is 15.9 Å². The fourth-order valence-electron chi connectivity index (χ4n) is 1.12. The summed E-state index contributed by atoms with van der Waals surface area (Å²) in [6, 6.07) is 0.711. The average Bonchev–Trinajstić information content (AvgIpc) is 2.25. The van der Waals surface area contributed by atoms with E-state index >= 15 is 0 Å². The van der Waals surface area contributed by atoms with Gasteiger partial charge in [-0.05, 0) is 28.4 Å². The molecule has 1 aromatic heterocycles. The minimum absolute atomic E-state index is 0.328. The number of aromatic nitrogens is 1. The highest BCUT2D eigenvalue weighted by atomic mass is 79.9. The second-order valence-electron chi connectivity index (χ2n) is 3.16. The Labute approximate surface area is 101 Å². The molecule has 0 bridgehead atoms. The molecule has 1 atom stereocenters. The Morgan fingerprint density at radius 3 is 2.75 bits per heavy atom. The van der Waals surface area contributed by atoms with Crippen LogP contribution in [0.5, 0.6) is 0 Å². The van der Waals surface area contributed by atoms with Gasteiger partial charge in [0, 0.05) is 16.9 Å². The van der Waals surface area contributed by atoms with Crippen molar-refractivity contribution in [3.63, 3.8) is 0 Å². The molecule has 5 nitrogen and oxygen atoms in total. The quantitative estimate of drug-likeness (QED) is 0.878. The number of carboxylic acid groups (broad SMARTS) is 1. The van der Waals surface area contributed by atoms with E-state index in [1.165, 1.54) is 6.20 Å². The molecule has 1 amide bonds. The van der Waals surface area contributed by atoms with E-state index < -0.39 is 17.9 Å². The largest absolute Gasteiger partial charge is 0.480 e. The highest BCUT2D eigenvalue weighted by Gasteiger charge is 2.18. The maximum atomic E-state index is 11.6. The maximum absolute atomic E-state index is 11.6. The van der Waals surface area contributed by atoms with Crippen LogP contribution in [0.1, 0.15) is 23.7 Å². The molecular formula is C10H11BrN2O3. The molecule has 0 saturated heterocycles. The monoisotopic (exact) mass is 286 g/mol. The third-order valence-corrected chi connectivity index (χ3v) is 2.41. The summed E-state index contributed by atoms with van der Waals surface area (Å²) in [5.41, 5.74) is 0.328. The first-order chi connectivity index (χ1) is 7.54. The summed E-state index contributed by atoms with van der Waals surface area (Å²) in [7, 11) is 0. The molecule has 0 radical (unpaired) electrons. The molecule has 0 aliphatic carbocycles. The molecule has 0 unspecified atom stereocenters. The predicted molar refractivity (Wildman–Crippen MR) is 61.1 cm³/mol. The molecule has 1 rings (SSSR count). The summed E-state index contributed by atoms with van der Waals surface area (Å²) in [5, 5.41) is 11.2. The highest BCUT2D eigenvalue weighted by molar-refractivity contribution is 9.10. The predicted octanol–water partition coefficient (Wildman–Crippen LogP) is 1.44. The van der Waals surface area contributed by atoms with Gasteiger partial charge in [0.2, 0.25) is 0 Å². The molecule has 6 heteroatoms. The van der Waals surface area contributed by atoms with Crippen molar-refractivity contribution in [2.75, 3.05) is 0 Å². The molecule has 0 aliphatic rings. The first-order valence-electron chi connectivity index (χ1n) is 4.68. The number of carbonyl (C=O) groups excluding carboxylic acids is 1. The van der Waals surface area contributed by atoms with Crippen LogP contribution < -0.4 is 5.32 Å². The lowest BCUT2D eigenvalue weighted by molar-refractivity contribution is -0.139. The zero-order valence-corrected chi connectivity index (χ0v) is 10.2. The van der Waals surface area contributed by atoms with E-state index in [2.05, 4.69) is 26.2 Å². The van der Waals surface area contributed by atoms with Gasteiger partial charge in [-0.25, -0.2) is 4.79 Å². The van der Waals surface area contributed by atoms with E-state index in [1.807, 2.05) is 0 Å². The van der Waals surface area contributed by atoms with Crippen LogP contribution in [-0.2, 0) is 4.79 Å². The van der Waals surface area contributed by atoms with Gasteiger partial charge in [-0.15, -0.1) is 0 Å². The number of carbonyl (C=O) groups is 2. The van der Waals surface area contributed by atoms with Gasteiger partial charge in [0.05, 0.1) is 5.56 Å². The maximum Gasteiger partial charge on any atom is 0.326 e. The third kappa shape index (κ3) is 3.30. The number of carboxylic acids is 1. The summed E-state index contributed by atoms with van der Waals surface area (Å²) < 4.78 is 0.670. The fraction of sp³-hybridized carbons (Fsp3) is 0.300. The second-order valence-corrected chi connectivity index (χ2v) is 4.08. The van der Waals surface area contributed by atoms with Crippen molar-refractivity contribution in [2.45, 2.75) is 19.4 Å². The van der Waals surface area contributed by atoms with Gasteiger partial charge in [-0.1, -0.05) is 6.92 Å². The van der Waals surface area contributed by atoms with E-state index in [0.29, 0.717) is 16.5 Å². The molecular weight excluding hydrogens is 276 g/mol. The van der Waals surface area contributed by atoms with Crippen LogP contribution in [0.4, 0.5) is 0 Å². The minimum atomic E-state index is -1.04. The number of amides is 1. The smallest absolute Gasteiger partial charge is 0.326 e. The Morgan fingerprint density at radius 1 is 1.56 bits per heavy atom. The topological polar surface area (TPSA) is 79.3 Å². The van der Waals surface area contributed by atoms with E-state index in [1.54, 1.807) is 19.2 Å². The molecule has 16 heavy (non-hydrogen) atoms. The van der Waals surface area contributed by atoms with E-state index in [4.69, 9.17) is 5.11 Å². The summed E-state index contributed by atoms with van der Waals surface area (Å²) >= 11 is 3.18. The van der Waals surface area contributed by atoms with Crippen LogP contribution in [0.3, 0.4) is 0 Å². The Balaban J connectivity index is 2.75. The molecule has 1 heterocycles. The van der Waals surface area contributed by atoms with Crippen molar-refractivity contribution in [1.82, 2.24) is 10.3 Å². The van der Waals surface area contributed by atoms with Gasteiger partial charge in [0.15, 0.2) is 0 Å². The van der Waals surface area contributed by atoms with Crippen molar-refractivity contribution in [2.24, 2.45) is 0 Å². The number of halogens is 1. The van der Waals surface area contributed by atoms with Crippen LogP contribution in [0.15, 0.2) is 22.9 Å². The number of aliphatic carboxylic acids is 1. The van der Waals surface area contributed by atoms with Gasteiger partial charge in [-0.2, -0.15) is 0 Å².